The lowest BCUT2D eigenvalue weighted by Gasteiger charge is -2.38. The number of rotatable bonds is 6. The Kier molecular flexibility index (Phi) is 4.96. The number of hydrogen-bond acceptors (Lipinski definition) is 4. The monoisotopic (exact) mass is 316 g/mol. The average molecular weight is 316 g/mol. The van der Waals surface area contributed by atoms with Gasteiger partial charge in [0, 0.05) is 18.7 Å². The van der Waals surface area contributed by atoms with Gasteiger partial charge in [-0.15, -0.1) is 0 Å². The highest BCUT2D eigenvalue weighted by Gasteiger charge is 2.35. The Morgan fingerprint density at radius 3 is 2.87 bits per heavy atom. The molecule has 0 radical (unpaired) electrons. The normalized spacial score (nSPS) is 24.5. The third kappa shape index (κ3) is 3.91. The van der Waals surface area contributed by atoms with Gasteiger partial charge in [-0.25, -0.2) is 4.98 Å². The molecule has 1 saturated carbocycles. The fourth-order valence-corrected chi connectivity index (χ4v) is 3.40. The molecule has 1 fully saturated rings. The molecule has 0 spiro atoms. The number of carbonyl (C=O) groups is 1. The van der Waals surface area contributed by atoms with Crippen molar-refractivity contribution in [2.45, 2.75) is 50.7 Å². The molecule has 0 aromatic carbocycles. The summed E-state index contributed by atoms with van der Waals surface area (Å²) >= 11 is 0. The maximum Gasteiger partial charge on any atom is 0.224 e. The first-order chi connectivity index (χ1) is 11.2. The van der Waals surface area contributed by atoms with Gasteiger partial charge in [0.15, 0.2) is 0 Å². The van der Waals surface area contributed by atoms with Gasteiger partial charge in [-0.05, 0) is 43.6 Å². The van der Waals surface area contributed by atoms with E-state index in [0.717, 1.165) is 37.7 Å². The summed E-state index contributed by atoms with van der Waals surface area (Å²) in [6.07, 6.45) is 8.88. The molecule has 3 rings (SSSR count). The Bertz CT molecular complexity index is 576. The number of amides is 1. The topological polar surface area (TPSA) is 71.5 Å². The van der Waals surface area contributed by atoms with Crippen LogP contribution in [-0.2, 0) is 4.79 Å². The summed E-state index contributed by atoms with van der Waals surface area (Å²) in [4.78, 5) is 16.6. The molecule has 1 heterocycles. The largest absolute Gasteiger partial charge is 0.481 e. The van der Waals surface area contributed by atoms with Gasteiger partial charge in [0.2, 0.25) is 11.8 Å². The summed E-state index contributed by atoms with van der Waals surface area (Å²) in [6.45, 7) is 0. The van der Waals surface area contributed by atoms with E-state index in [2.05, 4.69) is 16.4 Å². The molecular formula is C18H24N2O3. The minimum Gasteiger partial charge on any atom is -0.481 e. The first kappa shape index (κ1) is 16.0. The van der Waals surface area contributed by atoms with Crippen LogP contribution >= 0.6 is 0 Å². The van der Waals surface area contributed by atoms with Crippen molar-refractivity contribution in [3.63, 3.8) is 0 Å². The fraction of sp³-hybridized carbons (Fsp3) is 0.556. The Morgan fingerprint density at radius 2 is 2.30 bits per heavy atom. The highest BCUT2D eigenvalue weighted by molar-refractivity contribution is 5.79. The lowest BCUT2D eigenvalue weighted by molar-refractivity contribution is -0.122. The quantitative estimate of drug-likeness (QED) is 0.791. The number of aromatic nitrogens is 1. The van der Waals surface area contributed by atoms with Crippen LogP contribution in [0.25, 0.3) is 0 Å². The molecule has 1 unspecified atom stereocenters. The van der Waals surface area contributed by atoms with Crippen LogP contribution in [0.5, 0.6) is 5.88 Å². The summed E-state index contributed by atoms with van der Waals surface area (Å²) < 4.78 is 5.09. The summed E-state index contributed by atoms with van der Waals surface area (Å²) in [6, 6.07) is 3.66. The maximum atomic E-state index is 12.4. The van der Waals surface area contributed by atoms with E-state index in [1.165, 1.54) is 5.57 Å². The highest BCUT2D eigenvalue weighted by atomic mass is 16.5. The number of nitrogens with one attached hydrogen (secondary N) is 1. The lowest BCUT2D eigenvalue weighted by Crippen LogP contribution is -2.41. The van der Waals surface area contributed by atoms with E-state index >= 15 is 0 Å². The van der Waals surface area contributed by atoms with E-state index < -0.39 is 0 Å². The number of allylic oxidation sites excluding steroid dienone is 1. The molecule has 124 valence electrons. The van der Waals surface area contributed by atoms with Crippen molar-refractivity contribution in [2.75, 3.05) is 7.11 Å². The summed E-state index contributed by atoms with van der Waals surface area (Å²) in [7, 11) is 1.58. The van der Waals surface area contributed by atoms with Gasteiger partial charge in [0.05, 0.1) is 19.3 Å². The Labute approximate surface area is 136 Å². The minimum atomic E-state index is -0.247. The van der Waals surface area contributed by atoms with E-state index in [0.29, 0.717) is 12.3 Å². The van der Waals surface area contributed by atoms with Gasteiger partial charge < -0.3 is 15.2 Å². The zero-order chi connectivity index (χ0) is 16.2. The van der Waals surface area contributed by atoms with E-state index in [1.807, 2.05) is 12.1 Å². The predicted molar refractivity (Wildman–Crippen MR) is 87.0 cm³/mol. The zero-order valence-corrected chi connectivity index (χ0v) is 13.5. The summed E-state index contributed by atoms with van der Waals surface area (Å²) in [5.41, 5.74) is 2.21. The number of aliphatic hydroxyl groups excluding tert-OH is 1. The second-order valence-electron chi connectivity index (χ2n) is 6.50. The number of methoxy groups -OCH3 is 1. The summed E-state index contributed by atoms with van der Waals surface area (Å²) in [5.74, 6) is 0.880. The number of pyridine rings is 1. The van der Waals surface area contributed by atoms with Crippen LogP contribution in [-0.4, -0.2) is 29.2 Å². The Hall–Kier alpha value is -1.88. The fourth-order valence-electron chi connectivity index (χ4n) is 3.40. The van der Waals surface area contributed by atoms with Crippen molar-refractivity contribution < 1.29 is 14.6 Å². The Balaban J connectivity index is 1.68. The van der Waals surface area contributed by atoms with Crippen molar-refractivity contribution in [1.29, 1.82) is 0 Å². The molecular weight excluding hydrogens is 292 g/mol. The molecule has 2 aliphatic carbocycles. The van der Waals surface area contributed by atoms with Gasteiger partial charge >= 0.3 is 0 Å². The van der Waals surface area contributed by atoms with E-state index in [1.54, 1.807) is 13.3 Å². The summed E-state index contributed by atoms with van der Waals surface area (Å²) in [5, 5.41) is 12.8. The van der Waals surface area contributed by atoms with E-state index in [4.69, 9.17) is 4.74 Å². The number of hydrogen-bond donors (Lipinski definition) is 2. The Morgan fingerprint density at radius 1 is 1.48 bits per heavy atom. The second kappa shape index (κ2) is 7.13. The molecule has 1 aromatic heterocycles. The highest BCUT2D eigenvalue weighted by Crippen LogP contribution is 2.38. The third-order valence-electron chi connectivity index (χ3n) is 4.79. The molecule has 0 aliphatic heterocycles. The standard InChI is InChI=1S/C18H24N2O3/c1-23-17-7-6-13(11-19-17)18(14-9-15(21)10-14)20-16(22)8-12-4-2-3-5-12/h4,6-7,11,14-15,18,21H,2-3,5,8-10H2,1H3,(H,20,22). The van der Waals surface area contributed by atoms with Crippen LogP contribution in [0.15, 0.2) is 30.0 Å². The van der Waals surface area contributed by atoms with Gasteiger partial charge in [-0.1, -0.05) is 17.7 Å². The van der Waals surface area contributed by atoms with Crippen molar-refractivity contribution in [3.05, 3.63) is 35.5 Å². The van der Waals surface area contributed by atoms with Gasteiger partial charge in [-0.3, -0.25) is 4.79 Å². The number of ether oxygens (including phenoxy) is 1. The first-order valence-electron chi connectivity index (χ1n) is 8.31. The molecule has 2 N–H and O–H groups in total. The number of aliphatic hydroxyl groups is 1. The molecule has 23 heavy (non-hydrogen) atoms. The van der Waals surface area contributed by atoms with E-state index in [-0.39, 0.29) is 24.0 Å². The van der Waals surface area contributed by atoms with E-state index in [9.17, 15) is 9.90 Å². The molecule has 5 nitrogen and oxygen atoms in total. The molecule has 0 bridgehead atoms. The maximum absolute atomic E-state index is 12.4. The van der Waals surface area contributed by atoms with Crippen LogP contribution in [0.4, 0.5) is 0 Å². The SMILES string of the molecule is COc1ccc(C(NC(=O)CC2=CCCC2)C2CC(O)C2)cn1. The minimum absolute atomic E-state index is 0.0559. The average Bonchev–Trinajstić information content (AvgIpc) is 3.03. The molecule has 1 amide bonds. The van der Waals surface area contributed by atoms with Crippen molar-refractivity contribution in [2.24, 2.45) is 5.92 Å². The zero-order valence-electron chi connectivity index (χ0n) is 13.5. The molecule has 1 atom stereocenters. The van der Waals surface area contributed by atoms with Crippen molar-refractivity contribution in [1.82, 2.24) is 10.3 Å². The predicted octanol–water partition coefficient (Wildman–Crippen LogP) is 2.52. The van der Waals surface area contributed by atoms with Crippen molar-refractivity contribution >= 4 is 5.91 Å². The molecule has 1 aromatic rings. The van der Waals surface area contributed by atoms with Crippen molar-refractivity contribution in [3.8, 4) is 5.88 Å². The number of nitrogens with zero attached hydrogens (tertiary/aromatic N) is 1. The van der Waals surface area contributed by atoms with Crippen LogP contribution in [0.3, 0.4) is 0 Å². The third-order valence-corrected chi connectivity index (χ3v) is 4.79. The van der Waals surface area contributed by atoms with Crippen LogP contribution < -0.4 is 10.1 Å². The van der Waals surface area contributed by atoms with Crippen LogP contribution in [0, 0.1) is 5.92 Å². The van der Waals surface area contributed by atoms with Crippen LogP contribution in [0.2, 0.25) is 0 Å². The smallest absolute Gasteiger partial charge is 0.224 e. The molecule has 5 heteroatoms. The molecule has 0 saturated heterocycles. The lowest BCUT2D eigenvalue weighted by atomic mass is 9.75. The van der Waals surface area contributed by atoms with Gasteiger partial charge in [0.25, 0.3) is 0 Å². The van der Waals surface area contributed by atoms with Gasteiger partial charge in [0.1, 0.15) is 0 Å². The van der Waals surface area contributed by atoms with Gasteiger partial charge in [-0.2, -0.15) is 0 Å². The second-order valence-corrected chi connectivity index (χ2v) is 6.50. The first-order valence-corrected chi connectivity index (χ1v) is 8.31. The molecule has 2 aliphatic rings. The van der Waals surface area contributed by atoms with Crippen LogP contribution in [0.1, 0.15) is 50.1 Å². The number of carbonyl (C=O) groups excluding carboxylic acids is 1.